The molecule has 1 atom stereocenters. The maximum absolute atomic E-state index is 14.5. The first kappa shape index (κ1) is 15.3. The van der Waals surface area contributed by atoms with Crippen molar-refractivity contribution < 1.29 is 14.1 Å². The van der Waals surface area contributed by atoms with Crippen LogP contribution in [0.25, 0.3) is 5.70 Å². The molecule has 0 spiro atoms. The molecule has 0 amide bonds. The third kappa shape index (κ3) is 2.11. The number of nitrogens with one attached hydrogen (secondary N) is 1. The van der Waals surface area contributed by atoms with Gasteiger partial charge in [-0.1, -0.05) is 42.5 Å². The number of rotatable bonds is 2. The molecule has 0 fully saturated rings. The predicted octanol–water partition coefficient (Wildman–Crippen LogP) is 3.63. The maximum atomic E-state index is 14.5. The molecule has 25 heavy (non-hydrogen) atoms. The monoisotopic (exact) mass is 336 g/mol. The van der Waals surface area contributed by atoms with Crippen LogP contribution >= 0.6 is 0 Å². The number of allylic oxidation sites excluding steroid dienone is 2. The van der Waals surface area contributed by atoms with Crippen LogP contribution in [0.15, 0.2) is 65.5 Å². The van der Waals surface area contributed by atoms with E-state index in [4.69, 9.17) is 0 Å². The van der Waals surface area contributed by atoms with Gasteiger partial charge in [0, 0.05) is 22.3 Å². The minimum Gasteiger partial charge on any atom is -0.353 e. The van der Waals surface area contributed by atoms with Gasteiger partial charge in [0.05, 0.1) is 16.3 Å². The second-order valence-electron chi connectivity index (χ2n) is 6.01. The van der Waals surface area contributed by atoms with Gasteiger partial charge in [-0.3, -0.25) is 14.9 Å². The maximum Gasteiger partial charge on any atom is 0.277 e. The van der Waals surface area contributed by atoms with Crippen molar-refractivity contribution in [2.45, 2.75) is 12.8 Å². The molecule has 0 radical (unpaired) electrons. The first-order chi connectivity index (χ1) is 12.0. The van der Waals surface area contributed by atoms with Gasteiger partial charge in [0.1, 0.15) is 11.7 Å². The summed E-state index contributed by atoms with van der Waals surface area (Å²) in [5, 5.41) is 14.7. The zero-order valence-corrected chi connectivity index (χ0v) is 13.2. The minimum atomic E-state index is -1.05. The Balaban J connectivity index is 2.00. The molecule has 0 bridgehead atoms. The molecule has 1 heterocycles. The fourth-order valence-corrected chi connectivity index (χ4v) is 3.57. The van der Waals surface area contributed by atoms with Crippen LogP contribution in [-0.2, 0) is 0 Å². The van der Waals surface area contributed by atoms with E-state index in [9.17, 15) is 19.3 Å². The average molecular weight is 336 g/mol. The van der Waals surface area contributed by atoms with Crippen LogP contribution in [0.5, 0.6) is 0 Å². The van der Waals surface area contributed by atoms with Crippen molar-refractivity contribution in [2.75, 3.05) is 0 Å². The van der Waals surface area contributed by atoms with Crippen molar-refractivity contribution >= 4 is 11.5 Å². The van der Waals surface area contributed by atoms with E-state index in [0.717, 1.165) is 0 Å². The third-order valence-corrected chi connectivity index (χ3v) is 4.63. The average Bonchev–Trinajstić information content (AvgIpc) is 2.87. The molecule has 0 aromatic heterocycles. The number of hydrogen-bond acceptors (Lipinski definition) is 4. The van der Waals surface area contributed by atoms with Crippen molar-refractivity contribution in [2.24, 2.45) is 0 Å². The van der Waals surface area contributed by atoms with Crippen LogP contribution in [0.1, 0.15) is 34.3 Å². The Morgan fingerprint density at radius 3 is 2.40 bits per heavy atom. The molecule has 2 aromatic rings. The Morgan fingerprint density at radius 1 is 1.08 bits per heavy atom. The zero-order chi connectivity index (χ0) is 17.7. The van der Waals surface area contributed by atoms with E-state index in [0.29, 0.717) is 22.5 Å². The molecule has 1 unspecified atom stereocenters. The van der Waals surface area contributed by atoms with Crippen LogP contribution in [0, 0.1) is 15.9 Å². The molecule has 6 heteroatoms. The number of dihydropyridines is 1. The first-order valence-corrected chi connectivity index (χ1v) is 7.75. The Hall–Kier alpha value is -3.28. The number of carbonyl (C=O) groups is 1. The molecule has 5 nitrogen and oxygen atoms in total. The molecule has 1 aliphatic heterocycles. The van der Waals surface area contributed by atoms with Gasteiger partial charge in [-0.15, -0.1) is 0 Å². The van der Waals surface area contributed by atoms with E-state index in [-0.39, 0.29) is 22.6 Å². The Labute approximate surface area is 142 Å². The van der Waals surface area contributed by atoms with Crippen LogP contribution in [-0.4, -0.2) is 10.7 Å². The number of halogens is 1. The van der Waals surface area contributed by atoms with E-state index in [1.165, 1.54) is 18.2 Å². The zero-order valence-electron chi connectivity index (χ0n) is 13.2. The third-order valence-electron chi connectivity index (χ3n) is 4.63. The molecule has 2 aliphatic rings. The molecule has 0 saturated heterocycles. The number of nitrogens with zero attached hydrogens (tertiary/aromatic N) is 1. The lowest BCUT2D eigenvalue weighted by atomic mass is 9.83. The Bertz CT molecular complexity index is 1010. The summed E-state index contributed by atoms with van der Waals surface area (Å²) in [5.74, 6) is -1.93. The summed E-state index contributed by atoms with van der Waals surface area (Å²) in [7, 11) is 0. The molecular formula is C19H13FN2O3. The summed E-state index contributed by atoms with van der Waals surface area (Å²) in [4.78, 5) is 24.1. The summed E-state index contributed by atoms with van der Waals surface area (Å²) in [6.45, 7) is 1.57. The fraction of sp³-hybridized carbons (Fsp3) is 0.105. The number of benzene rings is 2. The van der Waals surface area contributed by atoms with Crippen molar-refractivity contribution in [1.29, 1.82) is 0 Å². The van der Waals surface area contributed by atoms with Gasteiger partial charge in [-0.25, -0.2) is 4.39 Å². The lowest BCUT2D eigenvalue weighted by Crippen LogP contribution is -2.28. The molecule has 1 N–H and O–H groups in total. The SMILES string of the molecule is CC1=C([N+](=O)[O-])C(c2ccccc2F)C2=C(N1)c1ccccc1C2=O. The highest BCUT2D eigenvalue weighted by Crippen LogP contribution is 2.46. The highest BCUT2D eigenvalue weighted by Gasteiger charge is 2.46. The Morgan fingerprint density at radius 2 is 1.72 bits per heavy atom. The topological polar surface area (TPSA) is 72.2 Å². The van der Waals surface area contributed by atoms with Crippen LogP contribution in [0.4, 0.5) is 4.39 Å². The highest BCUT2D eigenvalue weighted by molar-refractivity contribution is 6.22. The van der Waals surface area contributed by atoms with Gasteiger partial charge in [0.2, 0.25) is 0 Å². The Kier molecular flexibility index (Phi) is 3.28. The lowest BCUT2D eigenvalue weighted by molar-refractivity contribution is -0.430. The summed E-state index contributed by atoms with van der Waals surface area (Å²) in [6, 6.07) is 12.9. The highest BCUT2D eigenvalue weighted by atomic mass is 19.1. The van der Waals surface area contributed by atoms with E-state index in [1.54, 1.807) is 37.3 Å². The normalized spacial score (nSPS) is 18.8. The predicted molar refractivity (Wildman–Crippen MR) is 89.7 cm³/mol. The molecule has 124 valence electrons. The second kappa shape index (κ2) is 5.37. The summed E-state index contributed by atoms with van der Waals surface area (Å²) in [5.41, 5.74) is 2.14. The molecule has 0 saturated carbocycles. The number of hydrogen-bond donors (Lipinski definition) is 1. The van der Waals surface area contributed by atoms with Gasteiger partial charge in [-0.05, 0) is 13.0 Å². The number of carbonyl (C=O) groups excluding carboxylic acids is 1. The van der Waals surface area contributed by atoms with Crippen LogP contribution < -0.4 is 5.32 Å². The quantitative estimate of drug-likeness (QED) is 0.671. The second-order valence-corrected chi connectivity index (χ2v) is 6.01. The lowest BCUT2D eigenvalue weighted by Gasteiger charge is -2.25. The first-order valence-electron chi connectivity index (χ1n) is 7.75. The largest absolute Gasteiger partial charge is 0.353 e. The van der Waals surface area contributed by atoms with Crippen molar-refractivity contribution in [3.63, 3.8) is 0 Å². The van der Waals surface area contributed by atoms with Crippen molar-refractivity contribution in [1.82, 2.24) is 5.32 Å². The number of Topliss-reactive ketones (excluding diaryl/α,β-unsaturated/α-hetero) is 1. The summed E-state index contributed by atoms with van der Waals surface area (Å²) in [6.07, 6.45) is 0. The van der Waals surface area contributed by atoms with Crippen LogP contribution in [0.3, 0.4) is 0 Å². The number of fused-ring (bicyclic) bond motifs is 2. The molecule has 1 aliphatic carbocycles. The van der Waals surface area contributed by atoms with E-state index >= 15 is 0 Å². The minimum absolute atomic E-state index is 0.128. The molecular weight excluding hydrogens is 323 g/mol. The summed E-state index contributed by atoms with van der Waals surface area (Å²) < 4.78 is 14.5. The van der Waals surface area contributed by atoms with Gasteiger partial charge in [0.25, 0.3) is 5.70 Å². The van der Waals surface area contributed by atoms with E-state index in [1.807, 2.05) is 0 Å². The smallest absolute Gasteiger partial charge is 0.277 e. The fourth-order valence-electron chi connectivity index (χ4n) is 3.57. The van der Waals surface area contributed by atoms with E-state index in [2.05, 4.69) is 5.32 Å². The standard InChI is InChI=1S/C19H13FN2O3/c1-10-18(22(24)25)15(13-8-4-5-9-14(13)20)16-17(21-10)11-6-2-3-7-12(11)19(16)23/h2-9,15,21H,1H3. The molecule has 2 aromatic carbocycles. The molecule has 4 rings (SSSR count). The van der Waals surface area contributed by atoms with Crippen molar-refractivity contribution in [3.05, 3.63) is 98.1 Å². The van der Waals surface area contributed by atoms with Gasteiger partial charge < -0.3 is 5.32 Å². The van der Waals surface area contributed by atoms with E-state index < -0.39 is 16.7 Å². The summed E-state index contributed by atoms with van der Waals surface area (Å²) >= 11 is 0. The van der Waals surface area contributed by atoms with Crippen LogP contribution in [0.2, 0.25) is 0 Å². The number of ketones is 1. The van der Waals surface area contributed by atoms with Gasteiger partial charge >= 0.3 is 0 Å². The van der Waals surface area contributed by atoms with Gasteiger partial charge in [-0.2, -0.15) is 0 Å². The number of nitro groups is 1. The van der Waals surface area contributed by atoms with Crippen molar-refractivity contribution in [3.8, 4) is 0 Å². The van der Waals surface area contributed by atoms with Gasteiger partial charge in [0.15, 0.2) is 5.78 Å².